The maximum absolute atomic E-state index is 13.9. The predicted molar refractivity (Wildman–Crippen MR) is 150 cm³/mol. The van der Waals surface area contributed by atoms with Crippen LogP contribution in [0.5, 0.6) is 0 Å². The molecule has 4 rings (SSSR count). The number of carbonyl (C=O) groups is 2. The summed E-state index contributed by atoms with van der Waals surface area (Å²) in [7, 11) is 3.89. The molecule has 1 aliphatic heterocycles. The van der Waals surface area contributed by atoms with Crippen molar-refractivity contribution in [2.75, 3.05) is 39.1 Å². The second-order valence-electron chi connectivity index (χ2n) is 11.7. The lowest BCUT2D eigenvalue weighted by atomic mass is 9.84. The first-order chi connectivity index (χ1) is 19.5. The van der Waals surface area contributed by atoms with E-state index < -0.39 is 11.7 Å². The molecular weight excluding hydrogens is 535 g/mol. The average molecular weight is 576 g/mol. The lowest BCUT2D eigenvalue weighted by Gasteiger charge is -2.35. The summed E-state index contributed by atoms with van der Waals surface area (Å²) in [5.41, 5.74) is 0.0313. The van der Waals surface area contributed by atoms with Crippen molar-refractivity contribution in [3.05, 3.63) is 47.3 Å². The van der Waals surface area contributed by atoms with Gasteiger partial charge in [-0.1, -0.05) is 13.3 Å². The van der Waals surface area contributed by atoms with Crippen molar-refractivity contribution in [1.29, 1.82) is 0 Å². The van der Waals surface area contributed by atoms with Crippen LogP contribution in [0, 0.1) is 17.8 Å². The Balaban J connectivity index is 1.47. The van der Waals surface area contributed by atoms with Crippen LogP contribution in [0.4, 0.5) is 24.8 Å². The van der Waals surface area contributed by atoms with E-state index >= 15 is 0 Å². The number of amides is 1. The van der Waals surface area contributed by atoms with E-state index in [1.165, 1.54) is 0 Å². The number of piperidine rings is 1. The zero-order valence-electron chi connectivity index (χ0n) is 24.0. The molecule has 0 spiro atoms. The maximum Gasteiger partial charge on any atom is 0.419 e. The summed E-state index contributed by atoms with van der Waals surface area (Å²) in [5, 5.41) is 12.3. The number of carbonyl (C=O) groups excluding carboxylic acids is 2. The molecule has 1 aromatic carbocycles. The van der Waals surface area contributed by atoms with Gasteiger partial charge in [-0.05, 0) is 88.3 Å². The standard InChI is InChI=1S/C30H40F3N5O3/c1-19(18-39)15-27(40)24-6-4-5-21(24)16-26-25(30(31,32)33)17-34-29(36-26)35-22-9-7-20(8-10-22)28(41)38(3)23-11-13-37(2)14-12-23/h7-10,17,19,21,23-24,39H,4-6,11-16,18H2,1-3H3,(H,34,35,36)/t19-,21+,24+/m1/s1. The largest absolute Gasteiger partial charge is 0.419 e. The first kappa shape index (κ1) is 30.9. The van der Waals surface area contributed by atoms with Crippen LogP contribution < -0.4 is 5.32 Å². The van der Waals surface area contributed by atoms with Crippen molar-refractivity contribution >= 4 is 23.3 Å². The van der Waals surface area contributed by atoms with Gasteiger partial charge in [0.1, 0.15) is 5.78 Å². The number of alkyl halides is 3. The number of ketones is 1. The maximum atomic E-state index is 13.9. The Labute approximate surface area is 239 Å². The number of aliphatic hydroxyl groups excluding tert-OH is 1. The monoisotopic (exact) mass is 575 g/mol. The van der Waals surface area contributed by atoms with Gasteiger partial charge >= 0.3 is 6.18 Å². The fraction of sp³-hybridized carbons (Fsp3) is 0.600. The van der Waals surface area contributed by atoms with Gasteiger partial charge in [-0.25, -0.2) is 9.97 Å². The van der Waals surface area contributed by atoms with Gasteiger partial charge in [0.2, 0.25) is 5.95 Å². The smallest absolute Gasteiger partial charge is 0.396 e. The molecule has 2 aromatic rings. The van der Waals surface area contributed by atoms with Gasteiger partial charge in [0.15, 0.2) is 0 Å². The lowest BCUT2D eigenvalue weighted by molar-refractivity contribution is -0.138. The van der Waals surface area contributed by atoms with E-state index in [4.69, 9.17) is 0 Å². The van der Waals surface area contributed by atoms with Crippen LogP contribution in [0.15, 0.2) is 30.5 Å². The number of nitrogens with zero attached hydrogens (tertiary/aromatic N) is 4. The third-order valence-corrected chi connectivity index (χ3v) is 8.51. The van der Waals surface area contributed by atoms with E-state index in [1.54, 1.807) is 36.1 Å². The molecular formula is C30H40F3N5O3. The molecule has 2 heterocycles. The van der Waals surface area contributed by atoms with Crippen molar-refractivity contribution in [1.82, 2.24) is 19.8 Å². The van der Waals surface area contributed by atoms with Crippen molar-refractivity contribution in [2.24, 2.45) is 17.8 Å². The van der Waals surface area contributed by atoms with Crippen LogP contribution in [0.2, 0.25) is 0 Å². The van der Waals surface area contributed by atoms with Gasteiger partial charge in [-0.3, -0.25) is 9.59 Å². The first-order valence-corrected chi connectivity index (χ1v) is 14.4. The number of benzene rings is 1. The summed E-state index contributed by atoms with van der Waals surface area (Å²) in [6.45, 7) is 3.57. The van der Waals surface area contributed by atoms with E-state index in [0.29, 0.717) is 24.1 Å². The van der Waals surface area contributed by atoms with Crippen LogP contribution in [0.25, 0.3) is 0 Å². The van der Waals surface area contributed by atoms with Crippen molar-refractivity contribution < 1.29 is 27.9 Å². The lowest BCUT2D eigenvalue weighted by Crippen LogP contribution is -2.44. The number of anilines is 2. The van der Waals surface area contributed by atoms with Crippen LogP contribution in [0.3, 0.4) is 0 Å². The Hall–Kier alpha value is -3.05. The van der Waals surface area contributed by atoms with Crippen molar-refractivity contribution in [3.63, 3.8) is 0 Å². The Kier molecular flexibility index (Phi) is 10.0. The minimum Gasteiger partial charge on any atom is -0.396 e. The molecule has 1 saturated carbocycles. The second kappa shape index (κ2) is 13.3. The summed E-state index contributed by atoms with van der Waals surface area (Å²) in [6.07, 6.45) is 0.293. The number of likely N-dealkylation sites (tertiary alicyclic amines) is 1. The summed E-state index contributed by atoms with van der Waals surface area (Å²) < 4.78 is 41.6. The zero-order chi connectivity index (χ0) is 29.7. The molecule has 1 aliphatic carbocycles. The molecule has 0 unspecified atom stereocenters. The van der Waals surface area contributed by atoms with Crippen LogP contribution in [-0.2, 0) is 17.4 Å². The number of aliphatic hydroxyl groups is 1. The summed E-state index contributed by atoms with van der Waals surface area (Å²) in [6, 6.07) is 6.92. The molecule has 41 heavy (non-hydrogen) atoms. The molecule has 1 amide bonds. The Bertz CT molecular complexity index is 1200. The fourth-order valence-electron chi connectivity index (χ4n) is 5.96. The quantitative estimate of drug-likeness (QED) is 0.414. The first-order valence-electron chi connectivity index (χ1n) is 14.4. The van der Waals surface area contributed by atoms with E-state index in [2.05, 4.69) is 27.2 Å². The topological polar surface area (TPSA) is 98.7 Å². The molecule has 1 aromatic heterocycles. The molecule has 224 valence electrons. The number of nitrogens with one attached hydrogen (secondary N) is 1. The molecule has 2 N–H and O–H groups in total. The van der Waals surface area contributed by atoms with Gasteiger partial charge in [0.25, 0.3) is 5.91 Å². The van der Waals surface area contributed by atoms with Crippen LogP contribution in [-0.4, -0.2) is 76.4 Å². The Morgan fingerprint density at radius 2 is 1.83 bits per heavy atom. The molecule has 0 radical (unpaired) electrons. The SMILES string of the molecule is C[C@@H](CO)CC(=O)[C@H]1CCC[C@H]1Cc1nc(Nc2ccc(C(=O)N(C)C3CCN(C)CC3)cc2)ncc1C(F)(F)F. The second-order valence-corrected chi connectivity index (χ2v) is 11.7. The third kappa shape index (κ3) is 7.82. The van der Waals surface area contributed by atoms with Gasteiger partial charge < -0.3 is 20.2 Å². The average Bonchev–Trinajstić information content (AvgIpc) is 3.41. The fourth-order valence-corrected chi connectivity index (χ4v) is 5.96. The van der Waals surface area contributed by atoms with E-state index in [-0.39, 0.29) is 66.6 Å². The molecule has 2 fully saturated rings. The van der Waals surface area contributed by atoms with E-state index in [1.807, 2.05) is 7.05 Å². The number of Topliss-reactive ketones (excluding diaryl/α,β-unsaturated/α-hetero) is 1. The molecule has 1 saturated heterocycles. The highest BCUT2D eigenvalue weighted by molar-refractivity contribution is 5.94. The highest BCUT2D eigenvalue weighted by Gasteiger charge is 2.39. The summed E-state index contributed by atoms with van der Waals surface area (Å²) in [4.78, 5) is 38.0. The highest BCUT2D eigenvalue weighted by Crippen LogP contribution is 2.39. The molecule has 3 atom stereocenters. The summed E-state index contributed by atoms with van der Waals surface area (Å²) >= 11 is 0. The number of rotatable bonds is 10. The van der Waals surface area contributed by atoms with E-state index in [0.717, 1.165) is 38.5 Å². The summed E-state index contributed by atoms with van der Waals surface area (Å²) in [5.74, 6) is -0.830. The van der Waals surface area contributed by atoms with Crippen LogP contribution >= 0.6 is 0 Å². The third-order valence-electron chi connectivity index (χ3n) is 8.51. The molecule has 2 aliphatic rings. The number of halogens is 3. The van der Waals surface area contributed by atoms with Gasteiger partial charge in [0, 0.05) is 49.5 Å². The normalized spacial score (nSPS) is 21.0. The molecule has 8 nitrogen and oxygen atoms in total. The van der Waals surface area contributed by atoms with Crippen LogP contribution in [0.1, 0.15) is 67.1 Å². The van der Waals surface area contributed by atoms with Crippen molar-refractivity contribution in [3.8, 4) is 0 Å². The minimum atomic E-state index is -4.63. The van der Waals surface area contributed by atoms with Gasteiger partial charge in [-0.15, -0.1) is 0 Å². The Morgan fingerprint density at radius 3 is 2.46 bits per heavy atom. The highest BCUT2D eigenvalue weighted by atomic mass is 19.4. The zero-order valence-corrected chi connectivity index (χ0v) is 24.0. The molecule has 11 heteroatoms. The number of aromatic nitrogens is 2. The Morgan fingerprint density at radius 1 is 1.15 bits per heavy atom. The number of hydrogen-bond acceptors (Lipinski definition) is 7. The van der Waals surface area contributed by atoms with Gasteiger partial charge in [0.05, 0.1) is 11.3 Å². The van der Waals surface area contributed by atoms with Crippen molar-refractivity contribution in [2.45, 2.75) is 64.1 Å². The van der Waals surface area contributed by atoms with Gasteiger partial charge in [-0.2, -0.15) is 13.2 Å². The van der Waals surface area contributed by atoms with E-state index in [9.17, 15) is 27.9 Å². The predicted octanol–water partition coefficient (Wildman–Crippen LogP) is 4.95. The number of hydrogen-bond donors (Lipinski definition) is 2. The molecule has 0 bridgehead atoms. The minimum absolute atomic E-state index is 0.00822.